The van der Waals surface area contributed by atoms with E-state index in [1.54, 1.807) is 0 Å². The monoisotopic (exact) mass is 287 g/mol. The Bertz CT molecular complexity index is 514. The molecule has 2 aliphatic rings. The lowest BCUT2D eigenvalue weighted by Crippen LogP contribution is -2.38. The zero-order valence-corrected chi connectivity index (χ0v) is 12.8. The molecule has 21 heavy (non-hydrogen) atoms. The summed E-state index contributed by atoms with van der Waals surface area (Å²) in [5.41, 5.74) is 3.78. The van der Waals surface area contributed by atoms with E-state index in [2.05, 4.69) is 24.0 Å². The van der Waals surface area contributed by atoms with E-state index in [9.17, 15) is 9.90 Å². The van der Waals surface area contributed by atoms with Crippen LogP contribution in [0.3, 0.4) is 0 Å². The third-order valence-corrected chi connectivity index (χ3v) is 4.94. The molecule has 2 fully saturated rings. The summed E-state index contributed by atoms with van der Waals surface area (Å²) in [5.74, 6) is 1.30. The maximum atomic E-state index is 12.1. The van der Waals surface area contributed by atoms with Crippen LogP contribution >= 0.6 is 0 Å². The summed E-state index contributed by atoms with van der Waals surface area (Å²) in [7, 11) is 0. The fraction of sp³-hybridized carbons (Fsp3) is 0.611. The molecule has 1 heterocycles. The number of amides is 1. The van der Waals surface area contributed by atoms with Gasteiger partial charge in [-0.25, -0.2) is 0 Å². The first-order chi connectivity index (χ1) is 10.2. The highest BCUT2D eigenvalue weighted by molar-refractivity contribution is 5.81. The summed E-state index contributed by atoms with van der Waals surface area (Å²) >= 11 is 0. The van der Waals surface area contributed by atoms with Crippen LogP contribution in [0.1, 0.15) is 55.2 Å². The zero-order chi connectivity index (χ0) is 14.8. The second-order valence-electron chi connectivity index (χ2n) is 6.42. The van der Waals surface area contributed by atoms with Gasteiger partial charge in [-0.3, -0.25) is 4.79 Å². The Kier molecular flexibility index (Phi) is 4.29. The van der Waals surface area contributed by atoms with Crippen LogP contribution in [0.5, 0.6) is 0 Å². The predicted octanol–water partition coefficient (Wildman–Crippen LogP) is 2.86. The minimum atomic E-state index is 0.113. The van der Waals surface area contributed by atoms with E-state index in [1.807, 2.05) is 6.07 Å². The average molecular weight is 287 g/mol. The van der Waals surface area contributed by atoms with Crippen LogP contribution in [0.2, 0.25) is 0 Å². The zero-order valence-electron chi connectivity index (χ0n) is 12.8. The standard InChI is InChI=1S/C18H25NO2/c1-2-14-11-13(12-20)3-6-17(14)15-7-9-19(10-8-15)18(21)16-4-5-16/h3,6,11,15-16,20H,2,4-5,7-10,12H2,1H3. The molecule has 1 amide bonds. The van der Waals surface area contributed by atoms with Crippen LogP contribution in [0, 0.1) is 5.92 Å². The smallest absolute Gasteiger partial charge is 0.225 e. The van der Waals surface area contributed by atoms with Gasteiger partial charge in [0.2, 0.25) is 5.91 Å². The third kappa shape index (κ3) is 3.13. The lowest BCUT2D eigenvalue weighted by atomic mass is 9.85. The second kappa shape index (κ2) is 6.18. The molecule has 3 heteroatoms. The molecule has 0 radical (unpaired) electrons. The number of rotatable bonds is 4. The number of hydrogen-bond donors (Lipinski definition) is 1. The molecule has 1 aliphatic heterocycles. The minimum Gasteiger partial charge on any atom is -0.392 e. The number of piperidine rings is 1. The quantitative estimate of drug-likeness (QED) is 0.925. The fourth-order valence-electron chi connectivity index (χ4n) is 3.46. The highest BCUT2D eigenvalue weighted by atomic mass is 16.3. The maximum Gasteiger partial charge on any atom is 0.225 e. The summed E-state index contributed by atoms with van der Waals surface area (Å²) in [6.45, 7) is 4.10. The number of aliphatic hydroxyl groups excluding tert-OH is 1. The van der Waals surface area contributed by atoms with Gasteiger partial charge in [0.15, 0.2) is 0 Å². The topological polar surface area (TPSA) is 40.5 Å². The Balaban J connectivity index is 1.67. The van der Waals surface area contributed by atoms with E-state index >= 15 is 0 Å². The number of likely N-dealkylation sites (tertiary alicyclic amines) is 1. The largest absolute Gasteiger partial charge is 0.392 e. The van der Waals surface area contributed by atoms with E-state index in [4.69, 9.17) is 0 Å². The summed E-state index contributed by atoms with van der Waals surface area (Å²) in [5, 5.41) is 9.27. The van der Waals surface area contributed by atoms with Crippen LogP contribution in [-0.2, 0) is 17.8 Å². The van der Waals surface area contributed by atoms with Gasteiger partial charge in [0.05, 0.1) is 6.61 Å². The highest BCUT2D eigenvalue weighted by Crippen LogP contribution is 2.35. The molecular formula is C18H25NO2. The normalized spacial score (nSPS) is 19.8. The van der Waals surface area contributed by atoms with Crippen molar-refractivity contribution < 1.29 is 9.90 Å². The van der Waals surface area contributed by atoms with Crippen molar-refractivity contribution in [3.8, 4) is 0 Å². The van der Waals surface area contributed by atoms with Crippen molar-refractivity contribution in [2.24, 2.45) is 5.92 Å². The summed E-state index contributed by atoms with van der Waals surface area (Å²) in [4.78, 5) is 14.2. The van der Waals surface area contributed by atoms with Gasteiger partial charge in [-0.1, -0.05) is 25.1 Å². The van der Waals surface area contributed by atoms with Crippen LogP contribution in [0.25, 0.3) is 0 Å². The molecule has 0 bridgehead atoms. The van der Waals surface area contributed by atoms with E-state index in [0.29, 0.717) is 17.7 Å². The number of carbonyl (C=O) groups is 1. The number of aliphatic hydroxyl groups is 1. The molecular weight excluding hydrogens is 262 g/mol. The average Bonchev–Trinajstić information content (AvgIpc) is 3.38. The van der Waals surface area contributed by atoms with Crippen LogP contribution in [-0.4, -0.2) is 29.0 Å². The van der Waals surface area contributed by atoms with Crippen LogP contribution in [0.4, 0.5) is 0 Å². The first-order valence-electron chi connectivity index (χ1n) is 8.24. The van der Waals surface area contributed by atoms with Gasteiger partial charge in [0, 0.05) is 19.0 Å². The predicted molar refractivity (Wildman–Crippen MR) is 83.0 cm³/mol. The highest BCUT2D eigenvalue weighted by Gasteiger charge is 2.35. The molecule has 1 N–H and O–H groups in total. The van der Waals surface area contributed by atoms with Gasteiger partial charge in [-0.2, -0.15) is 0 Å². The second-order valence-corrected chi connectivity index (χ2v) is 6.42. The Labute approximate surface area is 127 Å². The minimum absolute atomic E-state index is 0.113. The number of hydrogen-bond acceptors (Lipinski definition) is 2. The fourth-order valence-corrected chi connectivity index (χ4v) is 3.46. The first kappa shape index (κ1) is 14.6. The molecule has 0 spiro atoms. The lowest BCUT2D eigenvalue weighted by molar-refractivity contribution is -0.133. The van der Waals surface area contributed by atoms with E-state index in [0.717, 1.165) is 50.8 Å². The van der Waals surface area contributed by atoms with Crippen LogP contribution < -0.4 is 0 Å². The first-order valence-corrected chi connectivity index (χ1v) is 8.24. The SMILES string of the molecule is CCc1cc(CO)ccc1C1CCN(C(=O)C2CC2)CC1. The van der Waals surface area contributed by atoms with Crippen molar-refractivity contribution in [2.75, 3.05) is 13.1 Å². The number of nitrogens with zero attached hydrogens (tertiary/aromatic N) is 1. The van der Waals surface area contributed by atoms with Crippen LogP contribution in [0.15, 0.2) is 18.2 Å². The number of benzene rings is 1. The molecule has 0 atom stereocenters. The van der Waals surface area contributed by atoms with Crippen molar-refractivity contribution in [3.05, 3.63) is 34.9 Å². The van der Waals surface area contributed by atoms with Crippen molar-refractivity contribution >= 4 is 5.91 Å². The maximum absolute atomic E-state index is 12.1. The molecule has 3 rings (SSSR count). The van der Waals surface area contributed by atoms with Gasteiger partial charge >= 0.3 is 0 Å². The van der Waals surface area contributed by atoms with Crippen molar-refractivity contribution in [2.45, 2.75) is 51.6 Å². The summed E-state index contributed by atoms with van der Waals surface area (Å²) in [6, 6.07) is 6.36. The van der Waals surface area contributed by atoms with E-state index in [1.165, 1.54) is 11.1 Å². The van der Waals surface area contributed by atoms with E-state index in [-0.39, 0.29) is 6.61 Å². The molecule has 0 unspecified atom stereocenters. The molecule has 3 nitrogen and oxygen atoms in total. The molecule has 1 saturated heterocycles. The van der Waals surface area contributed by atoms with Gasteiger partial charge in [-0.15, -0.1) is 0 Å². The Morgan fingerprint density at radius 3 is 2.52 bits per heavy atom. The number of aryl methyl sites for hydroxylation is 1. The Hall–Kier alpha value is -1.35. The third-order valence-electron chi connectivity index (χ3n) is 4.94. The van der Waals surface area contributed by atoms with Crippen molar-refractivity contribution in [3.63, 3.8) is 0 Å². The van der Waals surface area contributed by atoms with Crippen molar-refractivity contribution in [1.29, 1.82) is 0 Å². The molecule has 0 aromatic heterocycles. The Morgan fingerprint density at radius 1 is 1.24 bits per heavy atom. The Morgan fingerprint density at radius 2 is 1.95 bits per heavy atom. The summed E-state index contributed by atoms with van der Waals surface area (Å²) < 4.78 is 0. The molecule has 1 aromatic rings. The molecule has 114 valence electrons. The van der Waals surface area contributed by atoms with Gasteiger partial charge < -0.3 is 10.0 Å². The van der Waals surface area contributed by atoms with Gasteiger partial charge in [0.1, 0.15) is 0 Å². The van der Waals surface area contributed by atoms with Gasteiger partial charge in [0.25, 0.3) is 0 Å². The molecule has 1 saturated carbocycles. The lowest BCUT2D eigenvalue weighted by Gasteiger charge is -2.33. The molecule has 1 aliphatic carbocycles. The number of carbonyl (C=O) groups excluding carboxylic acids is 1. The van der Waals surface area contributed by atoms with E-state index < -0.39 is 0 Å². The van der Waals surface area contributed by atoms with Gasteiger partial charge in [-0.05, 0) is 54.7 Å². The van der Waals surface area contributed by atoms with Crippen molar-refractivity contribution in [1.82, 2.24) is 4.90 Å². The summed E-state index contributed by atoms with van der Waals surface area (Å²) in [6.07, 6.45) is 5.35. The molecule has 1 aromatic carbocycles.